The van der Waals surface area contributed by atoms with Crippen LogP contribution in [0.25, 0.3) is 0 Å². The van der Waals surface area contributed by atoms with Gasteiger partial charge in [0.1, 0.15) is 5.78 Å². The SMILES string of the molecule is CC(=O)CCC(=NC(C)C)c1ccccc1. The normalized spacial score (nSPS) is 11.9. The van der Waals surface area contributed by atoms with Crippen LogP contribution in [0.5, 0.6) is 0 Å². The van der Waals surface area contributed by atoms with E-state index in [0.717, 1.165) is 17.7 Å². The van der Waals surface area contributed by atoms with Crippen LogP contribution < -0.4 is 0 Å². The number of benzene rings is 1. The van der Waals surface area contributed by atoms with Crippen molar-refractivity contribution in [1.82, 2.24) is 0 Å². The number of hydrogen-bond acceptors (Lipinski definition) is 2. The van der Waals surface area contributed by atoms with Gasteiger partial charge in [-0.1, -0.05) is 30.3 Å². The van der Waals surface area contributed by atoms with Crippen LogP contribution >= 0.6 is 0 Å². The maximum atomic E-state index is 11.0. The summed E-state index contributed by atoms with van der Waals surface area (Å²) < 4.78 is 0. The fraction of sp³-hybridized carbons (Fsp3) is 0.429. The van der Waals surface area contributed by atoms with Crippen molar-refractivity contribution in [2.24, 2.45) is 4.99 Å². The Labute approximate surface area is 97.4 Å². The molecule has 0 fully saturated rings. The largest absolute Gasteiger partial charge is 0.300 e. The molecule has 0 amide bonds. The highest BCUT2D eigenvalue weighted by atomic mass is 16.1. The zero-order valence-electron chi connectivity index (χ0n) is 10.2. The van der Waals surface area contributed by atoms with Crippen molar-refractivity contribution in [3.05, 3.63) is 35.9 Å². The molecule has 0 aliphatic rings. The molecule has 0 bridgehead atoms. The highest BCUT2D eigenvalue weighted by molar-refractivity contribution is 6.02. The summed E-state index contributed by atoms with van der Waals surface area (Å²) in [5.74, 6) is 0.215. The third-order valence-electron chi connectivity index (χ3n) is 2.23. The van der Waals surface area contributed by atoms with Gasteiger partial charge in [-0.3, -0.25) is 4.99 Å². The van der Waals surface area contributed by atoms with E-state index in [0.29, 0.717) is 6.42 Å². The van der Waals surface area contributed by atoms with Crippen LogP contribution in [-0.2, 0) is 4.79 Å². The van der Waals surface area contributed by atoms with Crippen molar-refractivity contribution in [2.45, 2.75) is 39.7 Å². The van der Waals surface area contributed by atoms with Crippen molar-refractivity contribution in [2.75, 3.05) is 0 Å². The van der Waals surface area contributed by atoms with Gasteiger partial charge in [0, 0.05) is 18.2 Å². The maximum Gasteiger partial charge on any atom is 0.130 e. The number of nitrogens with zero attached hydrogens (tertiary/aromatic N) is 1. The average Bonchev–Trinajstić information content (AvgIpc) is 2.25. The average molecular weight is 217 g/mol. The van der Waals surface area contributed by atoms with Gasteiger partial charge in [0.2, 0.25) is 0 Å². The number of hydrogen-bond donors (Lipinski definition) is 0. The van der Waals surface area contributed by atoms with Gasteiger partial charge in [0.15, 0.2) is 0 Å². The summed E-state index contributed by atoms with van der Waals surface area (Å²) in [6, 6.07) is 10.3. The highest BCUT2D eigenvalue weighted by Crippen LogP contribution is 2.08. The van der Waals surface area contributed by atoms with E-state index in [1.807, 2.05) is 30.3 Å². The van der Waals surface area contributed by atoms with E-state index in [4.69, 9.17) is 0 Å². The lowest BCUT2D eigenvalue weighted by Gasteiger charge is -2.08. The van der Waals surface area contributed by atoms with Crippen LogP contribution in [0.2, 0.25) is 0 Å². The van der Waals surface area contributed by atoms with Crippen LogP contribution in [-0.4, -0.2) is 17.5 Å². The van der Waals surface area contributed by atoms with E-state index >= 15 is 0 Å². The van der Waals surface area contributed by atoms with E-state index < -0.39 is 0 Å². The summed E-state index contributed by atoms with van der Waals surface area (Å²) in [5.41, 5.74) is 2.16. The Morgan fingerprint density at radius 1 is 1.19 bits per heavy atom. The zero-order chi connectivity index (χ0) is 12.0. The monoisotopic (exact) mass is 217 g/mol. The molecule has 0 radical (unpaired) electrons. The molecule has 2 heteroatoms. The van der Waals surface area contributed by atoms with Gasteiger partial charge in [-0.05, 0) is 32.8 Å². The van der Waals surface area contributed by atoms with Gasteiger partial charge in [-0.2, -0.15) is 0 Å². The van der Waals surface area contributed by atoms with Gasteiger partial charge in [-0.25, -0.2) is 0 Å². The Balaban J connectivity index is 2.84. The van der Waals surface area contributed by atoms with Gasteiger partial charge >= 0.3 is 0 Å². The second-order valence-corrected chi connectivity index (χ2v) is 4.24. The molecule has 0 aliphatic heterocycles. The third kappa shape index (κ3) is 4.39. The van der Waals surface area contributed by atoms with Crippen LogP contribution in [0.1, 0.15) is 39.2 Å². The second kappa shape index (κ2) is 6.21. The van der Waals surface area contributed by atoms with E-state index in [-0.39, 0.29) is 11.8 Å². The Morgan fingerprint density at radius 3 is 2.31 bits per heavy atom. The minimum atomic E-state index is 0.215. The molecule has 0 unspecified atom stereocenters. The standard InChI is InChI=1S/C14H19NO/c1-11(2)15-14(10-9-12(3)16)13-7-5-4-6-8-13/h4-8,11H,9-10H2,1-3H3. The van der Waals surface area contributed by atoms with Crippen LogP contribution in [0.3, 0.4) is 0 Å². The molecule has 0 heterocycles. The molecule has 86 valence electrons. The van der Waals surface area contributed by atoms with Crippen LogP contribution in [0.15, 0.2) is 35.3 Å². The van der Waals surface area contributed by atoms with Gasteiger partial charge < -0.3 is 4.79 Å². The minimum Gasteiger partial charge on any atom is -0.300 e. The molecule has 1 rings (SSSR count). The van der Waals surface area contributed by atoms with Gasteiger partial charge in [0.25, 0.3) is 0 Å². The van der Waals surface area contributed by atoms with Crippen molar-refractivity contribution in [3.8, 4) is 0 Å². The van der Waals surface area contributed by atoms with Crippen LogP contribution in [0, 0.1) is 0 Å². The predicted molar refractivity (Wildman–Crippen MR) is 68.0 cm³/mol. The molecule has 0 spiro atoms. The molecule has 0 N–H and O–H groups in total. The molecule has 16 heavy (non-hydrogen) atoms. The molecule has 2 nitrogen and oxygen atoms in total. The van der Waals surface area contributed by atoms with Crippen LogP contribution in [0.4, 0.5) is 0 Å². The molecule has 0 aliphatic carbocycles. The summed E-state index contributed by atoms with van der Waals surface area (Å²) in [7, 11) is 0. The summed E-state index contributed by atoms with van der Waals surface area (Å²) in [4.78, 5) is 15.6. The highest BCUT2D eigenvalue weighted by Gasteiger charge is 2.05. The Kier molecular flexibility index (Phi) is 4.90. The molecule has 0 saturated carbocycles. The van der Waals surface area contributed by atoms with Gasteiger partial charge in [0.05, 0.1) is 0 Å². The quantitative estimate of drug-likeness (QED) is 0.696. The Morgan fingerprint density at radius 2 is 1.81 bits per heavy atom. The van der Waals surface area contributed by atoms with E-state index in [2.05, 4.69) is 18.8 Å². The Hall–Kier alpha value is -1.44. The number of aliphatic imine (C=N–C) groups is 1. The van der Waals surface area contributed by atoms with Gasteiger partial charge in [-0.15, -0.1) is 0 Å². The summed E-state index contributed by atoms with van der Waals surface area (Å²) in [5, 5.41) is 0. The molecular formula is C14H19NO. The van der Waals surface area contributed by atoms with Crippen molar-refractivity contribution >= 4 is 11.5 Å². The first-order valence-electron chi connectivity index (χ1n) is 5.71. The second-order valence-electron chi connectivity index (χ2n) is 4.24. The predicted octanol–water partition coefficient (Wildman–Crippen LogP) is 3.25. The first kappa shape index (κ1) is 12.6. The summed E-state index contributed by atoms with van der Waals surface area (Å²) in [6.45, 7) is 5.73. The van der Waals surface area contributed by atoms with Crippen molar-refractivity contribution in [3.63, 3.8) is 0 Å². The number of carbonyl (C=O) groups is 1. The van der Waals surface area contributed by atoms with E-state index in [1.165, 1.54) is 0 Å². The van der Waals surface area contributed by atoms with E-state index in [9.17, 15) is 4.79 Å². The van der Waals surface area contributed by atoms with Crippen molar-refractivity contribution < 1.29 is 4.79 Å². The maximum absolute atomic E-state index is 11.0. The third-order valence-corrected chi connectivity index (χ3v) is 2.23. The van der Waals surface area contributed by atoms with Crippen molar-refractivity contribution in [1.29, 1.82) is 0 Å². The number of Topliss-reactive ketones (excluding diaryl/α,β-unsaturated/α-hetero) is 1. The lowest BCUT2D eigenvalue weighted by Crippen LogP contribution is -2.07. The Bertz CT molecular complexity index is 366. The fourth-order valence-corrected chi connectivity index (χ4v) is 1.52. The lowest BCUT2D eigenvalue weighted by atomic mass is 10.0. The summed E-state index contributed by atoms with van der Waals surface area (Å²) >= 11 is 0. The molecule has 1 aromatic carbocycles. The lowest BCUT2D eigenvalue weighted by molar-refractivity contribution is -0.116. The smallest absolute Gasteiger partial charge is 0.130 e. The molecular weight excluding hydrogens is 198 g/mol. The summed E-state index contributed by atoms with van der Waals surface area (Å²) in [6.07, 6.45) is 1.30. The first-order valence-corrected chi connectivity index (χ1v) is 5.71. The topological polar surface area (TPSA) is 29.4 Å². The fourth-order valence-electron chi connectivity index (χ4n) is 1.52. The molecule has 0 atom stereocenters. The minimum absolute atomic E-state index is 0.215. The van der Waals surface area contributed by atoms with E-state index in [1.54, 1.807) is 6.92 Å². The molecule has 0 aromatic heterocycles. The zero-order valence-corrected chi connectivity index (χ0v) is 10.2. The number of rotatable bonds is 5. The first-order chi connectivity index (χ1) is 7.59. The molecule has 0 saturated heterocycles. The molecule has 1 aromatic rings. The number of ketones is 1. The number of carbonyl (C=O) groups excluding carboxylic acids is 1.